The fourth-order valence-electron chi connectivity index (χ4n) is 1.97. The number of aryl methyl sites for hydroxylation is 1. The van der Waals surface area contributed by atoms with Gasteiger partial charge in [0.05, 0.1) is 10.4 Å². The Balaban J connectivity index is 2.27. The van der Waals surface area contributed by atoms with E-state index >= 15 is 0 Å². The zero-order chi connectivity index (χ0) is 13.6. The van der Waals surface area contributed by atoms with Gasteiger partial charge in [-0.15, -0.1) is 0 Å². The van der Waals surface area contributed by atoms with Crippen LogP contribution in [0.4, 0.5) is 0 Å². The summed E-state index contributed by atoms with van der Waals surface area (Å²) >= 11 is 0. The van der Waals surface area contributed by atoms with Crippen molar-refractivity contribution in [2.24, 2.45) is 7.05 Å². The second-order valence-corrected chi connectivity index (χ2v) is 6.37. The van der Waals surface area contributed by atoms with Gasteiger partial charge in [0.2, 0.25) is 0 Å². The highest BCUT2D eigenvalue weighted by atomic mass is 32.2. The van der Waals surface area contributed by atoms with Crippen molar-refractivity contribution in [2.75, 3.05) is 6.26 Å². The van der Waals surface area contributed by atoms with E-state index in [-0.39, 0.29) is 4.90 Å². The minimum Gasteiger partial charge on any atom is -0.337 e. The smallest absolute Gasteiger partial charge is 0.177 e. The van der Waals surface area contributed by atoms with Gasteiger partial charge in [0.15, 0.2) is 15.7 Å². The van der Waals surface area contributed by atoms with Crippen molar-refractivity contribution in [3.63, 3.8) is 0 Å². The molecule has 0 spiro atoms. The lowest BCUT2D eigenvalue weighted by Crippen LogP contribution is -1.97. The Morgan fingerprint density at radius 3 is 2.68 bits per heavy atom. The summed E-state index contributed by atoms with van der Waals surface area (Å²) in [6.45, 7) is 0. The van der Waals surface area contributed by atoms with Crippen molar-refractivity contribution >= 4 is 20.9 Å². The average Bonchev–Trinajstić information content (AvgIpc) is 2.92. The predicted molar refractivity (Wildman–Crippen MR) is 71.4 cm³/mol. The molecule has 7 heteroatoms. The fourth-order valence-corrected chi connectivity index (χ4v) is 2.80. The normalized spacial score (nSPS) is 12.1. The molecule has 2 heterocycles. The largest absolute Gasteiger partial charge is 0.337 e. The van der Waals surface area contributed by atoms with Crippen LogP contribution in [0.15, 0.2) is 35.4 Å². The molecular formula is C12H12N4O2S. The molecule has 19 heavy (non-hydrogen) atoms. The molecule has 0 aliphatic rings. The van der Waals surface area contributed by atoms with Crippen molar-refractivity contribution in [1.29, 1.82) is 0 Å². The molecule has 0 bridgehead atoms. The van der Waals surface area contributed by atoms with Gasteiger partial charge < -0.3 is 4.98 Å². The van der Waals surface area contributed by atoms with Gasteiger partial charge in [0.1, 0.15) is 11.2 Å². The Morgan fingerprint density at radius 1 is 1.26 bits per heavy atom. The summed E-state index contributed by atoms with van der Waals surface area (Å²) in [6.07, 6.45) is 2.98. The summed E-state index contributed by atoms with van der Waals surface area (Å²) in [5, 5.41) is 4.24. The quantitative estimate of drug-likeness (QED) is 0.766. The molecule has 3 rings (SSSR count). The summed E-state index contributed by atoms with van der Waals surface area (Å²) in [5.41, 5.74) is 1.81. The first-order valence-electron chi connectivity index (χ1n) is 5.64. The molecule has 0 fully saturated rings. The van der Waals surface area contributed by atoms with Gasteiger partial charge in [0.25, 0.3) is 0 Å². The first-order valence-corrected chi connectivity index (χ1v) is 7.53. The van der Waals surface area contributed by atoms with Gasteiger partial charge >= 0.3 is 0 Å². The number of benzene rings is 1. The Hall–Kier alpha value is -2.15. The van der Waals surface area contributed by atoms with Crippen LogP contribution in [0, 0.1) is 0 Å². The van der Waals surface area contributed by atoms with Crippen LogP contribution in [0.3, 0.4) is 0 Å². The Morgan fingerprint density at radius 2 is 2.05 bits per heavy atom. The lowest BCUT2D eigenvalue weighted by Gasteiger charge is -1.97. The number of para-hydroxylation sites is 1. The first kappa shape index (κ1) is 11.9. The molecule has 6 nitrogen and oxygen atoms in total. The first-order chi connectivity index (χ1) is 8.95. The number of aromatic nitrogens is 4. The van der Waals surface area contributed by atoms with Crippen LogP contribution in [-0.2, 0) is 16.9 Å². The van der Waals surface area contributed by atoms with Crippen molar-refractivity contribution in [3.8, 4) is 11.5 Å². The maximum absolute atomic E-state index is 11.7. The second kappa shape index (κ2) is 3.92. The Labute approximate surface area is 110 Å². The number of nitrogens with zero attached hydrogens (tertiary/aromatic N) is 3. The van der Waals surface area contributed by atoms with Crippen LogP contribution >= 0.6 is 0 Å². The van der Waals surface area contributed by atoms with E-state index in [4.69, 9.17) is 0 Å². The summed E-state index contributed by atoms with van der Waals surface area (Å²) in [5.74, 6) is 0.562. The second-order valence-electron chi connectivity index (χ2n) is 4.38. The maximum atomic E-state index is 11.7. The van der Waals surface area contributed by atoms with E-state index in [0.717, 1.165) is 0 Å². The van der Waals surface area contributed by atoms with Gasteiger partial charge in [-0.1, -0.05) is 6.07 Å². The minimum atomic E-state index is -3.30. The molecule has 0 saturated heterocycles. The topological polar surface area (TPSA) is 80.6 Å². The van der Waals surface area contributed by atoms with Crippen molar-refractivity contribution in [3.05, 3.63) is 30.5 Å². The van der Waals surface area contributed by atoms with Crippen molar-refractivity contribution in [1.82, 2.24) is 19.7 Å². The van der Waals surface area contributed by atoms with E-state index < -0.39 is 9.84 Å². The zero-order valence-electron chi connectivity index (χ0n) is 10.5. The van der Waals surface area contributed by atoms with Gasteiger partial charge in [-0.25, -0.2) is 13.4 Å². The van der Waals surface area contributed by atoms with E-state index in [1.54, 1.807) is 29.1 Å². The Kier molecular flexibility index (Phi) is 2.46. The third-order valence-electron chi connectivity index (χ3n) is 2.83. The third kappa shape index (κ3) is 2.01. The number of H-pyrrole nitrogens is 1. The predicted octanol–water partition coefficient (Wildman–Crippen LogP) is 1.37. The molecule has 2 aromatic heterocycles. The summed E-state index contributed by atoms with van der Waals surface area (Å²) in [6, 6.07) is 6.86. The number of nitrogens with one attached hydrogen (secondary N) is 1. The van der Waals surface area contributed by atoms with Gasteiger partial charge in [0, 0.05) is 19.5 Å². The average molecular weight is 276 g/mol. The highest BCUT2D eigenvalue weighted by Gasteiger charge is 2.16. The standard InChI is InChI=1S/C12H12N4O2S/c1-16-7-6-9(15-16)12-13-8-4-3-5-10(11(8)14-12)19(2,17)18/h3-7H,1-2H3,(H,13,14). The molecule has 1 aromatic carbocycles. The van der Waals surface area contributed by atoms with Crippen LogP contribution < -0.4 is 0 Å². The molecule has 0 atom stereocenters. The molecule has 3 aromatic rings. The molecule has 1 N–H and O–H groups in total. The lowest BCUT2D eigenvalue weighted by atomic mass is 10.3. The van der Waals surface area contributed by atoms with Crippen LogP contribution in [0.5, 0.6) is 0 Å². The summed E-state index contributed by atoms with van der Waals surface area (Å²) < 4.78 is 25.1. The van der Waals surface area contributed by atoms with Crippen LogP contribution in [0.2, 0.25) is 0 Å². The monoisotopic (exact) mass is 276 g/mol. The molecule has 0 aliphatic heterocycles. The van der Waals surface area contributed by atoms with Gasteiger partial charge in [-0.2, -0.15) is 5.10 Å². The summed E-state index contributed by atoms with van der Waals surface area (Å²) in [7, 11) is -1.49. The van der Waals surface area contributed by atoms with E-state index in [0.29, 0.717) is 22.6 Å². The number of fused-ring (bicyclic) bond motifs is 1. The van der Waals surface area contributed by atoms with E-state index in [1.165, 1.54) is 6.26 Å². The Bertz CT molecular complexity index is 861. The van der Waals surface area contributed by atoms with E-state index in [2.05, 4.69) is 15.1 Å². The number of hydrogen-bond donors (Lipinski definition) is 1. The molecule has 98 valence electrons. The maximum Gasteiger partial charge on any atom is 0.177 e. The molecule has 0 unspecified atom stereocenters. The molecule has 0 saturated carbocycles. The number of sulfone groups is 1. The van der Waals surface area contributed by atoms with Gasteiger partial charge in [-0.05, 0) is 18.2 Å². The zero-order valence-corrected chi connectivity index (χ0v) is 11.3. The molecule has 0 aliphatic carbocycles. The number of rotatable bonds is 2. The fraction of sp³-hybridized carbons (Fsp3) is 0.167. The molecule has 0 amide bonds. The van der Waals surface area contributed by atoms with E-state index in [1.807, 2.05) is 13.1 Å². The lowest BCUT2D eigenvalue weighted by molar-refractivity contribution is 0.602. The van der Waals surface area contributed by atoms with Crippen LogP contribution in [-0.4, -0.2) is 34.4 Å². The number of imidazole rings is 1. The van der Waals surface area contributed by atoms with Crippen LogP contribution in [0.25, 0.3) is 22.6 Å². The molecule has 0 radical (unpaired) electrons. The highest BCUT2D eigenvalue weighted by Crippen LogP contribution is 2.24. The van der Waals surface area contributed by atoms with Gasteiger partial charge in [-0.3, -0.25) is 4.68 Å². The van der Waals surface area contributed by atoms with Crippen LogP contribution in [0.1, 0.15) is 0 Å². The number of aromatic amines is 1. The highest BCUT2D eigenvalue weighted by molar-refractivity contribution is 7.91. The van der Waals surface area contributed by atoms with Crippen molar-refractivity contribution < 1.29 is 8.42 Å². The summed E-state index contributed by atoms with van der Waals surface area (Å²) in [4.78, 5) is 7.66. The SMILES string of the molecule is Cn1ccc(-c2nc3c(S(C)(=O)=O)cccc3[nH]2)n1. The number of hydrogen-bond acceptors (Lipinski definition) is 4. The molecular weight excluding hydrogens is 264 g/mol. The van der Waals surface area contributed by atoms with Crippen molar-refractivity contribution in [2.45, 2.75) is 4.90 Å². The third-order valence-corrected chi connectivity index (χ3v) is 3.96. The minimum absolute atomic E-state index is 0.225. The van der Waals surface area contributed by atoms with E-state index in [9.17, 15) is 8.42 Å².